The lowest BCUT2D eigenvalue weighted by molar-refractivity contribution is -0.123. The first-order valence-electron chi connectivity index (χ1n) is 9.60. The molecule has 152 valence electrons. The normalized spacial score (nSPS) is 15.3. The van der Waals surface area contributed by atoms with Gasteiger partial charge in [-0.25, -0.2) is 0 Å². The topological polar surface area (TPSA) is 51.5 Å². The van der Waals surface area contributed by atoms with Crippen LogP contribution >= 0.6 is 11.8 Å². The maximum absolute atomic E-state index is 12.9. The fourth-order valence-electron chi connectivity index (χ4n) is 3.61. The summed E-state index contributed by atoms with van der Waals surface area (Å²) in [6.07, 6.45) is 1.82. The number of rotatable bonds is 5. The lowest BCUT2D eigenvalue weighted by Gasteiger charge is -2.12. The zero-order valence-corrected chi connectivity index (χ0v) is 17.9. The Labute approximate surface area is 180 Å². The predicted molar refractivity (Wildman–Crippen MR) is 120 cm³/mol. The zero-order chi connectivity index (χ0) is 21.3. The Morgan fingerprint density at radius 1 is 1.00 bits per heavy atom. The van der Waals surface area contributed by atoms with Gasteiger partial charge in [-0.3, -0.25) is 14.5 Å². The molecule has 5 nitrogen and oxygen atoms in total. The van der Waals surface area contributed by atoms with Crippen molar-refractivity contribution in [3.8, 4) is 11.4 Å². The third-order valence-electron chi connectivity index (χ3n) is 5.14. The van der Waals surface area contributed by atoms with Crippen LogP contribution in [-0.4, -0.2) is 27.7 Å². The molecule has 3 aromatic rings. The van der Waals surface area contributed by atoms with Crippen LogP contribution in [0, 0.1) is 13.8 Å². The molecule has 0 bridgehead atoms. The van der Waals surface area contributed by atoms with Gasteiger partial charge < -0.3 is 9.30 Å². The average molecular weight is 419 g/mol. The molecule has 0 unspecified atom stereocenters. The van der Waals surface area contributed by atoms with Crippen molar-refractivity contribution in [2.24, 2.45) is 0 Å². The smallest absolute Gasteiger partial charge is 0.293 e. The summed E-state index contributed by atoms with van der Waals surface area (Å²) < 4.78 is 7.36. The molecule has 2 aromatic carbocycles. The molecule has 0 spiro atoms. The average Bonchev–Trinajstić information content (AvgIpc) is 3.18. The second kappa shape index (κ2) is 8.24. The van der Waals surface area contributed by atoms with E-state index in [0.717, 1.165) is 45.7 Å². The van der Waals surface area contributed by atoms with Crippen LogP contribution in [0.1, 0.15) is 22.5 Å². The van der Waals surface area contributed by atoms with E-state index >= 15 is 0 Å². The third-order valence-corrected chi connectivity index (χ3v) is 6.05. The van der Waals surface area contributed by atoms with Crippen molar-refractivity contribution in [1.82, 2.24) is 9.47 Å². The van der Waals surface area contributed by atoms with Crippen LogP contribution in [0.4, 0.5) is 4.79 Å². The molecule has 0 N–H and O–H groups in total. The molecular formula is C24H22N2O3S. The van der Waals surface area contributed by atoms with Gasteiger partial charge in [0.25, 0.3) is 11.1 Å². The molecule has 1 aliphatic heterocycles. The van der Waals surface area contributed by atoms with E-state index in [4.69, 9.17) is 4.74 Å². The maximum Gasteiger partial charge on any atom is 0.293 e. The number of ether oxygens (including phenoxy) is 1. The zero-order valence-electron chi connectivity index (χ0n) is 17.1. The van der Waals surface area contributed by atoms with E-state index < -0.39 is 0 Å². The highest BCUT2D eigenvalue weighted by molar-refractivity contribution is 8.18. The van der Waals surface area contributed by atoms with Crippen molar-refractivity contribution in [3.63, 3.8) is 0 Å². The molecule has 4 rings (SSSR count). The highest BCUT2D eigenvalue weighted by Crippen LogP contribution is 2.34. The Hall–Kier alpha value is -3.25. The minimum Gasteiger partial charge on any atom is -0.497 e. The number of thioether (sulfide) groups is 1. The molecule has 2 amide bonds. The van der Waals surface area contributed by atoms with Crippen molar-refractivity contribution in [1.29, 1.82) is 0 Å². The van der Waals surface area contributed by atoms with Gasteiger partial charge in [0.05, 0.1) is 18.6 Å². The van der Waals surface area contributed by atoms with Crippen molar-refractivity contribution in [3.05, 3.63) is 88.1 Å². The number of imide groups is 1. The second-order valence-electron chi connectivity index (χ2n) is 7.11. The monoisotopic (exact) mass is 418 g/mol. The van der Waals surface area contributed by atoms with Crippen LogP contribution in [-0.2, 0) is 11.3 Å². The summed E-state index contributed by atoms with van der Waals surface area (Å²) in [5, 5.41) is -0.237. The lowest BCUT2D eigenvalue weighted by atomic mass is 10.2. The first-order chi connectivity index (χ1) is 14.5. The number of methoxy groups -OCH3 is 1. The van der Waals surface area contributed by atoms with Crippen molar-refractivity contribution in [2.45, 2.75) is 20.4 Å². The number of hydrogen-bond acceptors (Lipinski definition) is 4. The Kier molecular flexibility index (Phi) is 5.50. The number of aryl methyl sites for hydroxylation is 1. The van der Waals surface area contributed by atoms with Gasteiger partial charge in [0, 0.05) is 17.1 Å². The van der Waals surface area contributed by atoms with E-state index in [1.807, 2.05) is 80.6 Å². The molecule has 0 radical (unpaired) electrons. The van der Waals surface area contributed by atoms with E-state index in [9.17, 15) is 9.59 Å². The maximum atomic E-state index is 12.9. The van der Waals surface area contributed by atoms with Crippen molar-refractivity contribution >= 4 is 29.0 Å². The Morgan fingerprint density at radius 2 is 1.70 bits per heavy atom. The van der Waals surface area contributed by atoms with Gasteiger partial charge in [0.2, 0.25) is 0 Å². The molecule has 0 saturated carbocycles. The number of benzene rings is 2. The van der Waals surface area contributed by atoms with E-state index in [1.54, 1.807) is 7.11 Å². The SMILES string of the molecule is COc1ccc(-n2c(C)cc(/C=C3\SC(=O)N(Cc4ccccc4)C3=O)c2C)cc1. The highest BCUT2D eigenvalue weighted by atomic mass is 32.2. The summed E-state index contributed by atoms with van der Waals surface area (Å²) in [7, 11) is 1.64. The molecule has 1 aliphatic rings. The highest BCUT2D eigenvalue weighted by Gasteiger charge is 2.35. The number of aromatic nitrogens is 1. The van der Waals surface area contributed by atoms with Gasteiger partial charge in [-0.2, -0.15) is 0 Å². The quantitative estimate of drug-likeness (QED) is 0.525. The lowest BCUT2D eigenvalue weighted by Crippen LogP contribution is -2.27. The van der Waals surface area contributed by atoms with Crippen molar-refractivity contribution < 1.29 is 14.3 Å². The summed E-state index contributed by atoms with van der Waals surface area (Å²) in [6, 6.07) is 19.4. The number of carbonyl (C=O) groups is 2. The Morgan fingerprint density at radius 3 is 2.37 bits per heavy atom. The van der Waals surface area contributed by atoms with E-state index in [0.29, 0.717) is 4.91 Å². The van der Waals surface area contributed by atoms with Crippen LogP contribution in [0.25, 0.3) is 11.8 Å². The summed E-state index contributed by atoms with van der Waals surface area (Å²) in [6.45, 7) is 4.32. The Bertz CT molecular complexity index is 1130. The molecule has 1 fully saturated rings. The first-order valence-corrected chi connectivity index (χ1v) is 10.4. The Balaban J connectivity index is 1.62. The van der Waals surface area contributed by atoms with E-state index in [-0.39, 0.29) is 17.7 Å². The molecule has 0 aliphatic carbocycles. The summed E-state index contributed by atoms with van der Waals surface area (Å²) >= 11 is 0.993. The van der Waals surface area contributed by atoms with Gasteiger partial charge >= 0.3 is 0 Å². The van der Waals surface area contributed by atoms with E-state index in [1.165, 1.54) is 4.90 Å². The minimum atomic E-state index is -0.247. The standard InChI is InChI=1S/C24H22N2O3S/c1-16-13-19(17(2)26(16)20-9-11-21(29-3)12-10-20)14-22-23(27)25(24(28)30-22)15-18-7-5-4-6-8-18/h4-14H,15H2,1-3H3/b22-14-. The first kappa shape index (κ1) is 20.0. The van der Waals surface area contributed by atoms with Crippen LogP contribution in [0.5, 0.6) is 5.75 Å². The van der Waals surface area contributed by atoms with Gasteiger partial charge in [0.1, 0.15) is 5.75 Å². The van der Waals surface area contributed by atoms with Gasteiger partial charge in [-0.1, -0.05) is 30.3 Å². The van der Waals surface area contributed by atoms with Gasteiger partial charge in [-0.15, -0.1) is 0 Å². The van der Waals surface area contributed by atoms with Crippen LogP contribution in [0.3, 0.4) is 0 Å². The van der Waals surface area contributed by atoms with Crippen LogP contribution < -0.4 is 4.74 Å². The number of carbonyl (C=O) groups excluding carboxylic acids is 2. The number of nitrogens with zero attached hydrogens (tertiary/aromatic N) is 2. The fourth-order valence-corrected chi connectivity index (χ4v) is 4.44. The van der Waals surface area contributed by atoms with Crippen LogP contribution in [0.15, 0.2) is 65.6 Å². The largest absolute Gasteiger partial charge is 0.497 e. The molecule has 2 heterocycles. The predicted octanol–water partition coefficient (Wildman–Crippen LogP) is 5.34. The molecule has 1 saturated heterocycles. The van der Waals surface area contributed by atoms with E-state index in [2.05, 4.69) is 4.57 Å². The van der Waals surface area contributed by atoms with Crippen molar-refractivity contribution in [2.75, 3.05) is 7.11 Å². The summed E-state index contributed by atoms with van der Waals surface area (Å²) in [5.74, 6) is 0.552. The van der Waals surface area contributed by atoms with Crippen LogP contribution in [0.2, 0.25) is 0 Å². The van der Waals surface area contributed by atoms with Gasteiger partial charge in [-0.05, 0) is 73.1 Å². The molecule has 6 heteroatoms. The van der Waals surface area contributed by atoms with Gasteiger partial charge in [0.15, 0.2) is 0 Å². The minimum absolute atomic E-state index is 0.237. The molecule has 0 atom stereocenters. The molecule has 30 heavy (non-hydrogen) atoms. The molecule has 1 aromatic heterocycles. The second-order valence-corrected chi connectivity index (χ2v) is 8.11. The molecular weight excluding hydrogens is 396 g/mol. The fraction of sp³-hybridized carbons (Fsp3) is 0.167. The summed E-state index contributed by atoms with van der Waals surface area (Å²) in [5.41, 5.74) is 4.93. The number of amides is 2. The number of hydrogen-bond donors (Lipinski definition) is 0. The third kappa shape index (κ3) is 3.78. The summed E-state index contributed by atoms with van der Waals surface area (Å²) in [4.78, 5) is 27.1.